The molecule has 0 heterocycles. The average Bonchev–Trinajstić information content (AvgIpc) is 2.54. The van der Waals surface area contributed by atoms with E-state index in [2.05, 4.69) is 5.32 Å². The number of sulfonamides is 1. The summed E-state index contributed by atoms with van der Waals surface area (Å²) in [6, 6.07) is 7.21. The van der Waals surface area contributed by atoms with Crippen molar-refractivity contribution in [2.75, 3.05) is 15.9 Å². The van der Waals surface area contributed by atoms with Crippen molar-refractivity contribution < 1.29 is 13.2 Å². The van der Waals surface area contributed by atoms with Gasteiger partial charge in [-0.1, -0.05) is 46.9 Å². The molecule has 2 aromatic carbocycles. The van der Waals surface area contributed by atoms with Gasteiger partial charge in [-0.3, -0.25) is 9.10 Å². The van der Waals surface area contributed by atoms with Gasteiger partial charge in [-0.25, -0.2) is 8.42 Å². The highest BCUT2D eigenvalue weighted by molar-refractivity contribution is 7.92. The average molecular weight is 450 g/mol. The molecule has 0 saturated heterocycles. The molecule has 2 rings (SSSR count). The molecule has 0 saturated carbocycles. The maximum absolute atomic E-state index is 12.8. The van der Waals surface area contributed by atoms with E-state index >= 15 is 0 Å². The first kappa shape index (κ1) is 21.8. The first-order valence-electron chi connectivity index (χ1n) is 7.94. The normalized spacial score (nSPS) is 12.6. The summed E-state index contributed by atoms with van der Waals surface area (Å²) in [5.41, 5.74) is 2.31. The Balaban J connectivity index is 2.42. The second-order valence-electron chi connectivity index (χ2n) is 6.26. The van der Waals surface area contributed by atoms with Crippen LogP contribution >= 0.6 is 34.8 Å². The lowest BCUT2D eigenvalue weighted by atomic mass is 10.1. The number of benzene rings is 2. The van der Waals surface area contributed by atoms with E-state index < -0.39 is 22.0 Å². The molecule has 5 nitrogen and oxygen atoms in total. The third-order valence-corrected chi connectivity index (χ3v) is 6.22. The van der Waals surface area contributed by atoms with Crippen LogP contribution in [0.15, 0.2) is 30.3 Å². The number of nitrogens with zero attached hydrogens (tertiary/aromatic N) is 1. The number of halogens is 3. The summed E-state index contributed by atoms with van der Waals surface area (Å²) in [6.07, 6.45) is 1.06. The van der Waals surface area contributed by atoms with Gasteiger partial charge in [-0.2, -0.15) is 0 Å². The minimum atomic E-state index is -3.73. The van der Waals surface area contributed by atoms with Crippen LogP contribution in [0.5, 0.6) is 0 Å². The Morgan fingerprint density at radius 1 is 1.04 bits per heavy atom. The largest absolute Gasteiger partial charge is 0.323 e. The molecule has 146 valence electrons. The quantitative estimate of drug-likeness (QED) is 0.649. The van der Waals surface area contributed by atoms with Gasteiger partial charge in [0.2, 0.25) is 15.9 Å². The standard InChI is InChI=1S/C18H19Cl3N2O3S/c1-10-5-6-11(2)17(7-10)23(27(4,25)26)12(3)18(24)22-16-9-14(20)13(19)8-15(16)21/h5-9,12H,1-4H3,(H,22,24)/t12-/m1/s1. The summed E-state index contributed by atoms with van der Waals surface area (Å²) in [5, 5.41) is 3.28. The minimum Gasteiger partial charge on any atom is -0.323 e. The van der Waals surface area contributed by atoms with Crippen molar-refractivity contribution >= 4 is 62.1 Å². The highest BCUT2D eigenvalue weighted by atomic mass is 35.5. The second-order valence-corrected chi connectivity index (χ2v) is 9.34. The molecular weight excluding hydrogens is 431 g/mol. The summed E-state index contributed by atoms with van der Waals surface area (Å²) >= 11 is 18.0. The molecule has 0 radical (unpaired) electrons. The van der Waals surface area contributed by atoms with Crippen molar-refractivity contribution in [3.05, 3.63) is 56.5 Å². The predicted octanol–water partition coefficient (Wildman–Crippen LogP) is 5.06. The zero-order valence-corrected chi connectivity index (χ0v) is 18.3. The van der Waals surface area contributed by atoms with E-state index in [0.29, 0.717) is 5.69 Å². The Morgan fingerprint density at radius 2 is 1.63 bits per heavy atom. The van der Waals surface area contributed by atoms with Gasteiger partial charge in [0.05, 0.1) is 32.7 Å². The number of amides is 1. The van der Waals surface area contributed by atoms with Crippen LogP contribution in [-0.4, -0.2) is 26.6 Å². The van der Waals surface area contributed by atoms with Gasteiger partial charge in [-0.05, 0) is 50.1 Å². The number of carbonyl (C=O) groups is 1. The van der Waals surface area contributed by atoms with Crippen molar-refractivity contribution in [3.8, 4) is 0 Å². The van der Waals surface area contributed by atoms with Crippen LogP contribution in [0.2, 0.25) is 15.1 Å². The van der Waals surface area contributed by atoms with Crippen molar-refractivity contribution in [1.82, 2.24) is 0 Å². The molecule has 1 atom stereocenters. The summed E-state index contributed by atoms with van der Waals surface area (Å²) in [6.45, 7) is 5.14. The van der Waals surface area contributed by atoms with Crippen LogP contribution in [-0.2, 0) is 14.8 Å². The molecule has 0 unspecified atom stereocenters. The lowest BCUT2D eigenvalue weighted by molar-refractivity contribution is -0.116. The van der Waals surface area contributed by atoms with Gasteiger partial charge >= 0.3 is 0 Å². The molecule has 0 fully saturated rings. The lowest BCUT2D eigenvalue weighted by Gasteiger charge is -2.30. The van der Waals surface area contributed by atoms with E-state index in [9.17, 15) is 13.2 Å². The monoisotopic (exact) mass is 448 g/mol. The van der Waals surface area contributed by atoms with E-state index in [1.54, 1.807) is 13.0 Å². The zero-order chi connectivity index (χ0) is 20.5. The Morgan fingerprint density at radius 3 is 2.22 bits per heavy atom. The fraction of sp³-hybridized carbons (Fsp3) is 0.278. The number of nitrogens with one attached hydrogen (secondary N) is 1. The van der Waals surface area contributed by atoms with Crippen molar-refractivity contribution in [2.24, 2.45) is 0 Å². The van der Waals surface area contributed by atoms with Crippen LogP contribution in [0, 0.1) is 13.8 Å². The topological polar surface area (TPSA) is 66.5 Å². The first-order valence-corrected chi connectivity index (χ1v) is 10.9. The Hall–Kier alpha value is -1.47. The lowest BCUT2D eigenvalue weighted by Crippen LogP contribution is -2.45. The van der Waals surface area contributed by atoms with Gasteiger partial charge in [0.1, 0.15) is 6.04 Å². The fourth-order valence-corrected chi connectivity index (χ4v) is 4.41. The van der Waals surface area contributed by atoms with Gasteiger partial charge < -0.3 is 5.32 Å². The molecule has 0 spiro atoms. The fourth-order valence-electron chi connectivity index (χ4n) is 2.59. The zero-order valence-electron chi connectivity index (χ0n) is 15.2. The number of aryl methyl sites for hydroxylation is 2. The number of hydrogen-bond acceptors (Lipinski definition) is 3. The Bertz CT molecular complexity index is 994. The van der Waals surface area contributed by atoms with E-state index in [1.807, 2.05) is 19.1 Å². The molecule has 0 aromatic heterocycles. The molecule has 27 heavy (non-hydrogen) atoms. The summed E-state index contributed by atoms with van der Waals surface area (Å²) < 4.78 is 26.0. The Kier molecular flexibility index (Phi) is 6.68. The highest BCUT2D eigenvalue weighted by Crippen LogP contribution is 2.33. The maximum Gasteiger partial charge on any atom is 0.248 e. The van der Waals surface area contributed by atoms with Crippen LogP contribution in [0.25, 0.3) is 0 Å². The van der Waals surface area contributed by atoms with Crippen molar-refractivity contribution in [2.45, 2.75) is 26.8 Å². The molecular formula is C18H19Cl3N2O3S. The summed E-state index contributed by atoms with van der Waals surface area (Å²) in [7, 11) is -3.73. The predicted molar refractivity (Wildman–Crippen MR) is 113 cm³/mol. The maximum atomic E-state index is 12.8. The summed E-state index contributed by atoms with van der Waals surface area (Å²) in [4.78, 5) is 12.8. The van der Waals surface area contributed by atoms with Crippen molar-refractivity contribution in [1.29, 1.82) is 0 Å². The number of hydrogen-bond donors (Lipinski definition) is 1. The molecule has 0 aliphatic rings. The molecule has 0 aliphatic heterocycles. The molecule has 0 aliphatic carbocycles. The smallest absolute Gasteiger partial charge is 0.248 e. The first-order chi connectivity index (χ1) is 12.4. The van der Waals surface area contributed by atoms with Gasteiger partial charge in [0, 0.05) is 0 Å². The third-order valence-electron chi connectivity index (χ3n) is 3.96. The highest BCUT2D eigenvalue weighted by Gasteiger charge is 2.30. The van der Waals surface area contributed by atoms with E-state index in [4.69, 9.17) is 34.8 Å². The van der Waals surface area contributed by atoms with Crippen LogP contribution in [0.1, 0.15) is 18.1 Å². The molecule has 2 aromatic rings. The molecule has 1 amide bonds. The van der Waals surface area contributed by atoms with Crippen LogP contribution in [0.3, 0.4) is 0 Å². The van der Waals surface area contributed by atoms with Gasteiger partial charge in [0.25, 0.3) is 0 Å². The Labute approximate surface area is 174 Å². The number of anilines is 2. The SMILES string of the molecule is Cc1ccc(C)c(N([C@H](C)C(=O)Nc2cc(Cl)c(Cl)cc2Cl)S(C)(=O)=O)c1. The van der Waals surface area contributed by atoms with E-state index in [0.717, 1.165) is 21.7 Å². The van der Waals surface area contributed by atoms with Gasteiger partial charge in [0.15, 0.2) is 0 Å². The molecule has 1 N–H and O–H groups in total. The molecule has 0 bridgehead atoms. The van der Waals surface area contributed by atoms with Crippen LogP contribution in [0.4, 0.5) is 11.4 Å². The summed E-state index contributed by atoms with van der Waals surface area (Å²) in [5.74, 6) is -0.554. The van der Waals surface area contributed by atoms with Crippen LogP contribution < -0.4 is 9.62 Å². The van der Waals surface area contributed by atoms with Gasteiger partial charge in [-0.15, -0.1) is 0 Å². The molecule has 9 heteroatoms. The van der Waals surface area contributed by atoms with E-state index in [-0.39, 0.29) is 20.8 Å². The van der Waals surface area contributed by atoms with Crippen molar-refractivity contribution in [3.63, 3.8) is 0 Å². The number of carbonyl (C=O) groups excluding carboxylic acids is 1. The minimum absolute atomic E-state index is 0.197. The second kappa shape index (κ2) is 8.27. The number of rotatable bonds is 5. The third kappa shape index (κ3) is 5.08. The van der Waals surface area contributed by atoms with E-state index in [1.165, 1.54) is 19.1 Å².